The van der Waals surface area contributed by atoms with Gasteiger partial charge in [0.15, 0.2) is 11.6 Å². The second-order valence-corrected chi connectivity index (χ2v) is 4.46. The molecule has 0 aliphatic carbocycles. The lowest BCUT2D eigenvalue weighted by Crippen LogP contribution is -2.40. The van der Waals surface area contributed by atoms with E-state index < -0.39 is 11.4 Å². The van der Waals surface area contributed by atoms with E-state index in [-0.39, 0.29) is 5.82 Å². The van der Waals surface area contributed by atoms with E-state index in [2.05, 4.69) is 20.6 Å². The third-order valence-corrected chi connectivity index (χ3v) is 3.16. The molecule has 1 aliphatic heterocycles. The molecule has 0 aromatic carbocycles. The van der Waals surface area contributed by atoms with Crippen molar-refractivity contribution in [3.63, 3.8) is 0 Å². The highest BCUT2D eigenvalue weighted by Crippen LogP contribution is 2.23. The van der Waals surface area contributed by atoms with Gasteiger partial charge in [0.1, 0.15) is 5.60 Å². The molecule has 1 unspecified atom stereocenters. The lowest BCUT2D eigenvalue weighted by molar-refractivity contribution is -0.00629. The molecule has 106 valence electrons. The normalized spacial score (nSPS) is 22.5. The molecule has 0 spiro atoms. The Hall–Kier alpha value is -1.47. The fraction of sp³-hybridized carbons (Fsp3) is 0.667. The van der Waals surface area contributed by atoms with Gasteiger partial charge in [-0.15, -0.1) is 0 Å². The molecule has 1 aliphatic rings. The predicted molar refractivity (Wildman–Crippen MR) is 69.8 cm³/mol. The van der Waals surface area contributed by atoms with Gasteiger partial charge in [-0.05, 0) is 6.92 Å². The van der Waals surface area contributed by atoms with E-state index >= 15 is 0 Å². The molecule has 19 heavy (non-hydrogen) atoms. The van der Waals surface area contributed by atoms with Crippen molar-refractivity contribution < 1.29 is 13.9 Å². The summed E-state index contributed by atoms with van der Waals surface area (Å²) in [6, 6.07) is 0. The number of ether oxygens (including phenoxy) is 2. The van der Waals surface area contributed by atoms with Crippen LogP contribution in [0.3, 0.4) is 0 Å². The highest BCUT2D eigenvalue weighted by Gasteiger charge is 2.35. The van der Waals surface area contributed by atoms with Crippen LogP contribution in [0.4, 0.5) is 16.2 Å². The SMILES string of the molecule is CCNc1ncc(F)c(NCC2(OC)CCOC2)n1. The molecule has 7 heteroatoms. The van der Waals surface area contributed by atoms with E-state index in [0.717, 1.165) is 12.6 Å². The molecule has 1 saturated heterocycles. The van der Waals surface area contributed by atoms with Crippen LogP contribution in [-0.2, 0) is 9.47 Å². The maximum absolute atomic E-state index is 13.6. The van der Waals surface area contributed by atoms with Crippen molar-refractivity contribution in [2.24, 2.45) is 0 Å². The van der Waals surface area contributed by atoms with E-state index in [1.807, 2.05) is 6.92 Å². The largest absolute Gasteiger partial charge is 0.378 e. The Balaban J connectivity index is 2.03. The lowest BCUT2D eigenvalue weighted by Gasteiger charge is -2.26. The predicted octanol–water partition coefficient (Wildman–Crippen LogP) is 1.26. The number of hydrogen-bond acceptors (Lipinski definition) is 6. The van der Waals surface area contributed by atoms with Gasteiger partial charge in [-0.25, -0.2) is 9.37 Å². The van der Waals surface area contributed by atoms with Crippen molar-refractivity contribution in [2.45, 2.75) is 18.9 Å². The van der Waals surface area contributed by atoms with Gasteiger partial charge < -0.3 is 20.1 Å². The third kappa shape index (κ3) is 3.30. The Morgan fingerprint density at radius 1 is 1.53 bits per heavy atom. The first-order valence-electron chi connectivity index (χ1n) is 6.32. The van der Waals surface area contributed by atoms with Crippen LogP contribution in [0.2, 0.25) is 0 Å². The molecule has 1 atom stereocenters. The van der Waals surface area contributed by atoms with Crippen LogP contribution >= 0.6 is 0 Å². The Kier molecular flexibility index (Phi) is 4.49. The summed E-state index contributed by atoms with van der Waals surface area (Å²) in [6.45, 7) is 4.22. The minimum Gasteiger partial charge on any atom is -0.378 e. The molecule has 2 rings (SSSR count). The van der Waals surface area contributed by atoms with Crippen molar-refractivity contribution in [1.82, 2.24) is 9.97 Å². The Bertz CT molecular complexity index is 424. The van der Waals surface area contributed by atoms with Crippen LogP contribution in [-0.4, -0.2) is 49.0 Å². The summed E-state index contributed by atoms with van der Waals surface area (Å²) in [7, 11) is 1.64. The van der Waals surface area contributed by atoms with Gasteiger partial charge in [-0.1, -0.05) is 0 Å². The molecule has 0 amide bonds. The molecule has 2 N–H and O–H groups in total. The van der Waals surface area contributed by atoms with Crippen LogP contribution in [0.5, 0.6) is 0 Å². The number of hydrogen-bond donors (Lipinski definition) is 2. The second-order valence-electron chi connectivity index (χ2n) is 4.46. The minimum atomic E-state index is -0.480. The number of anilines is 2. The zero-order chi connectivity index (χ0) is 13.7. The maximum atomic E-state index is 13.6. The molecule has 0 radical (unpaired) electrons. The number of nitrogens with zero attached hydrogens (tertiary/aromatic N) is 2. The van der Waals surface area contributed by atoms with Crippen LogP contribution in [0.25, 0.3) is 0 Å². The van der Waals surface area contributed by atoms with Crippen molar-refractivity contribution in [1.29, 1.82) is 0 Å². The van der Waals surface area contributed by atoms with Gasteiger partial charge >= 0.3 is 0 Å². The molecule has 0 bridgehead atoms. The van der Waals surface area contributed by atoms with Gasteiger partial charge in [0, 0.05) is 33.2 Å². The maximum Gasteiger partial charge on any atom is 0.224 e. The molecule has 1 fully saturated rings. The van der Waals surface area contributed by atoms with Gasteiger partial charge in [-0.3, -0.25) is 0 Å². The van der Waals surface area contributed by atoms with Crippen LogP contribution in [0.1, 0.15) is 13.3 Å². The third-order valence-electron chi connectivity index (χ3n) is 3.16. The summed E-state index contributed by atoms with van der Waals surface area (Å²) in [5, 5.41) is 5.92. The van der Waals surface area contributed by atoms with Crippen molar-refractivity contribution >= 4 is 11.8 Å². The van der Waals surface area contributed by atoms with Gasteiger partial charge in [0.2, 0.25) is 5.95 Å². The fourth-order valence-corrected chi connectivity index (χ4v) is 1.94. The number of rotatable bonds is 6. The topological polar surface area (TPSA) is 68.3 Å². The molecule has 1 aromatic rings. The molecular weight excluding hydrogens is 251 g/mol. The summed E-state index contributed by atoms with van der Waals surface area (Å²) in [5.74, 6) is 0.0987. The number of nitrogens with one attached hydrogen (secondary N) is 2. The highest BCUT2D eigenvalue weighted by atomic mass is 19.1. The Morgan fingerprint density at radius 3 is 3.00 bits per heavy atom. The van der Waals surface area contributed by atoms with Crippen molar-refractivity contribution in [2.75, 3.05) is 44.0 Å². The van der Waals surface area contributed by atoms with E-state index in [4.69, 9.17) is 9.47 Å². The molecule has 6 nitrogen and oxygen atoms in total. The van der Waals surface area contributed by atoms with Gasteiger partial charge in [0.25, 0.3) is 0 Å². The second kappa shape index (κ2) is 6.12. The van der Waals surface area contributed by atoms with Crippen LogP contribution in [0.15, 0.2) is 6.20 Å². The first kappa shape index (κ1) is 14.0. The van der Waals surface area contributed by atoms with Crippen molar-refractivity contribution in [3.8, 4) is 0 Å². The zero-order valence-corrected chi connectivity index (χ0v) is 11.2. The van der Waals surface area contributed by atoms with E-state index in [1.54, 1.807) is 7.11 Å². The first-order chi connectivity index (χ1) is 9.19. The summed E-state index contributed by atoms with van der Waals surface area (Å²) in [6.07, 6.45) is 1.93. The van der Waals surface area contributed by atoms with E-state index in [0.29, 0.717) is 32.3 Å². The van der Waals surface area contributed by atoms with Gasteiger partial charge in [-0.2, -0.15) is 4.98 Å². The number of methoxy groups -OCH3 is 1. The average molecular weight is 270 g/mol. The number of aromatic nitrogens is 2. The molecule has 0 saturated carbocycles. The van der Waals surface area contributed by atoms with Gasteiger partial charge in [0.05, 0.1) is 12.8 Å². The summed E-state index contributed by atoms with van der Waals surface area (Å²) in [5.41, 5.74) is -0.407. The zero-order valence-electron chi connectivity index (χ0n) is 11.2. The smallest absolute Gasteiger partial charge is 0.224 e. The minimum absolute atomic E-state index is 0.175. The quantitative estimate of drug-likeness (QED) is 0.811. The summed E-state index contributed by atoms with van der Waals surface area (Å²) < 4.78 is 24.4. The lowest BCUT2D eigenvalue weighted by atomic mass is 10.0. The highest BCUT2D eigenvalue weighted by molar-refractivity contribution is 5.41. The molecule has 2 heterocycles. The van der Waals surface area contributed by atoms with Crippen LogP contribution in [0, 0.1) is 5.82 Å². The number of halogens is 1. The molecular formula is C12H19FN4O2. The summed E-state index contributed by atoms with van der Waals surface area (Å²) in [4.78, 5) is 7.94. The van der Waals surface area contributed by atoms with Crippen LogP contribution < -0.4 is 10.6 Å². The fourth-order valence-electron chi connectivity index (χ4n) is 1.94. The monoisotopic (exact) mass is 270 g/mol. The average Bonchev–Trinajstić information content (AvgIpc) is 2.89. The standard InChI is InChI=1S/C12H19FN4O2/c1-3-14-11-15-6-9(13)10(17-11)16-7-12(18-2)4-5-19-8-12/h6H,3-5,7-8H2,1-2H3,(H2,14,15,16,17). The van der Waals surface area contributed by atoms with E-state index in [1.165, 1.54) is 0 Å². The molecule has 1 aromatic heterocycles. The Labute approximate surface area is 111 Å². The summed E-state index contributed by atoms with van der Waals surface area (Å²) >= 11 is 0. The van der Waals surface area contributed by atoms with Crippen molar-refractivity contribution in [3.05, 3.63) is 12.0 Å². The Morgan fingerprint density at radius 2 is 2.37 bits per heavy atom. The van der Waals surface area contributed by atoms with E-state index in [9.17, 15) is 4.39 Å². The first-order valence-corrected chi connectivity index (χ1v) is 6.32.